The summed E-state index contributed by atoms with van der Waals surface area (Å²) in [6.07, 6.45) is -0.484. The molecule has 2 aromatic carbocycles. The summed E-state index contributed by atoms with van der Waals surface area (Å²) < 4.78 is 11.4. The van der Waals surface area contributed by atoms with E-state index in [0.717, 1.165) is 28.1 Å². The van der Waals surface area contributed by atoms with Gasteiger partial charge in [-0.2, -0.15) is 5.10 Å². The van der Waals surface area contributed by atoms with Gasteiger partial charge in [0.25, 0.3) is 0 Å². The summed E-state index contributed by atoms with van der Waals surface area (Å²) in [4.78, 5) is 14.1. The van der Waals surface area contributed by atoms with Crippen LogP contribution in [0.2, 0.25) is 5.02 Å². The van der Waals surface area contributed by atoms with Gasteiger partial charge in [-0.1, -0.05) is 48.0 Å². The first-order chi connectivity index (χ1) is 14.8. The second kappa shape index (κ2) is 8.73. The molecule has 1 atom stereocenters. The van der Waals surface area contributed by atoms with Crippen molar-refractivity contribution in [3.63, 3.8) is 0 Å². The Morgan fingerprint density at radius 2 is 1.94 bits per heavy atom. The van der Waals surface area contributed by atoms with Crippen molar-refractivity contribution in [3.05, 3.63) is 65.2 Å². The quantitative estimate of drug-likeness (QED) is 0.567. The van der Waals surface area contributed by atoms with Crippen molar-refractivity contribution >= 4 is 17.7 Å². The van der Waals surface area contributed by atoms with Crippen LogP contribution in [0.4, 0.5) is 4.79 Å². The smallest absolute Gasteiger partial charge is 0.410 e. The molecule has 1 aliphatic heterocycles. The minimum atomic E-state index is -0.513. The van der Waals surface area contributed by atoms with Gasteiger partial charge in [-0.05, 0) is 50.1 Å². The number of ether oxygens (including phenoxy) is 2. The number of amides is 1. The van der Waals surface area contributed by atoms with E-state index in [2.05, 4.69) is 10.2 Å². The molecular formula is C24H26ClN3O3. The van der Waals surface area contributed by atoms with Crippen molar-refractivity contribution in [2.75, 3.05) is 19.7 Å². The van der Waals surface area contributed by atoms with Crippen molar-refractivity contribution in [1.29, 1.82) is 0 Å². The number of aromatic amines is 1. The molecule has 6 nitrogen and oxygen atoms in total. The number of hydrogen-bond acceptors (Lipinski definition) is 4. The summed E-state index contributed by atoms with van der Waals surface area (Å²) in [7, 11) is 0. The molecule has 1 saturated heterocycles. The standard InChI is InChI=1S/C24H26ClN3O3/c1-24(2,3)31-23(29)28-11-12-30-22(15-28)17-9-7-16(8-10-17)20-14-21(27-26-20)18-5-4-6-19(25)13-18/h4-10,13-14,22H,11-12,15H2,1-3H3,(H,26,27)/t22-/m0/s1. The second-order valence-electron chi connectivity index (χ2n) is 8.59. The lowest BCUT2D eigenvalue weighted by atomic mass is 10.0. The summed E-state index contributed by atoms with van der Waals surface area (Å²) in [5.74, 6) is 0. The number of aromatic nitrogens is 2. The van der Waals surface area contributed by atoms with Crippen LogP contribution in [0.5, 0.6) is 0 Å². The number of carbonyl (C=O) groups is 1. The monoisotopic (exact) mass is 439 g/mol. The highest BCUT2D eigenvalue weighted by molar-refractivity contribution is 6.30. The van der Waals surface area contributed by atoms with E-state index in [4.69, 9.17) is 21.1 Å². The lowest BCUT2D eigenvalue weighted by molar-refractivity contribution is -0.0432. The van der Waals surface area contributed by atoms with Gasteiger partial charge >= 0.3 is 6.09 Å². The molecule has 2 heterocycles. The average Bonchev–Trinajstić information content (AvgIpc) is 3.23. The summed E-state index contributed by atoms with van der Waals surface area (Å²) in [6.45, 7) is 7.09. The van der Waals surface area contributed by atoms with Crippen molar-refractivity contribution in [1.82, 2.24) is 15.1 Å². The third kappa shape index (κ3) is 5.27. The largest absolute Gasteiger partial charge is 0.444 e. The molecule has 4 rings (SSSR count). The number of morpholine rings is 1. The Labute approximate surface area is 187 Å². The van der Waals surface area contributed by atoms with Gasteiger partial charge in [0.05, 0.1) is 24.5 Å². The number of hydrogen-bond donors (Lipinski definition) is 1. The fourth-order valence-corrected chi connectivity index (χ4v) is 3.68. The molecule has 1 aromatic heterocycles. The Kier molecular flexibility index (Phi) is 6.03. The number of H-pyrrole nitrogens is 1. The average molecular weight is 440 g/mol. The molecule has 1 aliphatic rings. The van der Waals surface area contributed by atoms with E-state index in [-0.39, 0.29) is 12.2 Å². The Morgan fingerprint density at radius 1 is 1.16 bits per heavy atom. The van der Waals surface area contributed by atoms with Crippen molar-refractivity contribution in [3.8, 4) is 22.5 Å². The number of benzene rings is 2. The molecule has 0 aliphatic carbocycles. The van der Waals surface area contributed by atoms with Crippen LogP contribution in [0.3, 0.4) is 0 Å². The van der Waals surface area contributed by atoms with Gasteiger partial charge in [0.2, 0.25) is 0 Å². The van der Waals surface area contributed by atoms with Crippen LogP contribution in [-0.4, -0.2) is 46.5 Å². The number of nitrogens with zero attached hydrogens (tertiary/aromatic N) is 2. The van der Waals surface area contributed by atoms with Gasteiger partial charge in [0, 0.05) is 17.1 Å². The van der Waals surface area contributed by atoms with E-state index in [1.807, 2.05) is 75.4 Å². The Bertz CT molecular complexity index is 1060. The first kappa shape index (κ1) is 21.4. The number of nitrogens with one attached hydrogen (secondary N) is 1. The Morgan fingerprint density at radius 3 is 2.65 bits per heavy atom. The maximum atomic E-state index is 12.4. The molecular weight excluding hydrogens is 414 g/mol. The van der Waals surface area contributed by atoms with Crippen LogP contribution >= 0.6 is 11.6 Å². The van der Waals surface area contributed by atoms with E-state index < -0.39 is 5.60 Å². The molecule has 162 valence electrons. The van der Waals surface area contributed by atoms with Gasteiger partial charge in [-0.15, -0.1) is 0 Å². The zero-order valence-corrected chi connectivity index (χ0v) is 18.6. The van der Waals surface area contributed by atoms with E-state index in [9.17, 15) is 4.79 Å². The first-order valence-electron chi connectivity index (χ1n) is 10.3. The summed E-state index contributed by atoms with van der Waals surface area (Å²) in [5.41, 5.74) is 4.24. The van der Waals surface area contributed by atoms with Crippen molar-refractivity contribution in [2.45, 2.75) is 32.5 Å². The first-order valence-corrected chi connectivity index (χ1v) is 10.7. The molecule has 0 saturated carbocycles. The summed E-state index contributed by atoms with van der Waals surface area (Å²) >= 11 is 6.09. The predicted molar refractivity (Wildman–Crippen MR) is 121 cm³/mol. The lowest BCUT2D eigenvalue weighted by Gasteiger charge is -2.34. The molecule has 1 amide bonds. The minimum Gasteiger partial charge on any atom is -0.444 e. The highest BCUT2D eigenvalue weighted by atomic mass is 35.5. The third-order valence-corrected chi connectivity index (χ3v) is 5.24. The van der Waals surface area contributed by atoms with Crippen LogP contribution in [-0.2, 0) is 9.47 Å². The molecule has 0 radical (unpaired) electrons. The van der Waals surface area contributed by atoms with Crippen LogP contribution in [0.25, 0.3) is 22.5 Å². The van der Waals surface area contributed by atoms with Gasteiger partial charge in [-0.25, -0.2) is 4.79 Å². The van der Waals surface area contributed by atoms with Crippen molar-refractivity contribution < 1.29 is 14.3 Å². The van der Waals surface area contributed by atoms with Crippen LogP contribution in [0, 0.1) is 0 Å². The number of carbonyl (C=O) groups excluding carboxylic acids is 1. The summed E-state index contributed by atoms with van der Waals surface area (Å²) in [6, 6.07) is 17.7. The highest BCUT2D eigenvalue weighted by Gasteiger charge is 2.28. The molecule has 31 heavy (non-hydrogen) atoms. The normalized spacial score (nSPS) is 16.9. The van der Waals surface area contributed by atoms with Gasteiger partial charge in [0.15, 0.2) is 0 Å². The topological polar surface area (TPSA) is 67.4 Å². The van der Waals surface area contributed by atoms with Crippen LogP contribution in [0.1, 0.15) is 32.4 Å². The van der Waals surface area contributed by atoms with Gasteiger partial charge in [-0.3, -0.25) is 5.10 Å². The molecule has 0 bridgehead atoms. The van der Waals surface area contributed by atoms with E-state index in [1.54, 1.807) is 4.90 Å². The zero-order chi connectivity index (χ0) is 22.0. The van der Waals surface area contributed by atoms with Crippen molar-refractivity contribution in [2.24, 2.45) is 0 Å². The fourth-order valence-electron chi connectivity index (χ4n) is 3.49. The minimum absolute atomic E-state index is 0.181. The molecule has 0 unspecified atom stereocenters. The maximum absolute atomic E-state index is 12.4. The molecule has 1 N–H and O–H groups in total. The van der Waals surface area contributed by atoms with Crippen LogP contribution in [0.15, 0.2) is 54.6 Å². The van der Waals surface area contributed by atoms with Gasteiger partial charge in [0.1, 0.15) is 11.7 Å². The molecule has 3 aromatic rings. The van der Waals surface area contributed by atoms with E-state index in [1.165, 1.54) is 0 Å². The fraction of sp³-hybridized carbons (Fsp3) is 0.333. The Balaban J connectivity index is 1.45. The van der Waals surface area contributed by atoms with Gasteiger partial charge < -0.3 is 14.4 Å². The molecule has 0 spiro atoms. The Hall–Kier alpha value is -2.83. The van der Waals surface area contributed by atoms with E-state index in [0.29, 0.717) is 24.7 Å². The zero-order valence-electron chi connectivity index (χ0n) is 17.9. The highest BCUT2D eigenvalue weighted by Crippen LogP contribution is 2.28. The molecule has 7 heteroatoms. The summed E-state index contributed by atoms with van der Waals surface area (Å²) in [5, 5.41) is 8.18. The van der Waals surface area contributed by atoms with E-state index >= 15 is 0 Å². The molecule has 1 fully saturated rings. The predicted octanol–water partition coefficient (Wildman–Crippen LogP) is 5.71. The number of rotatable bonds is 3. The van der Waals surface area contributed by atoms with Crippen LogP contribution < -0.4 is 0 Å². The SMILES string of the molecule is CC(C)(C)OC(=O)N1CCO[C@H](c2ccc(-c3cc(-c4cccc(Cl)c4)n[nH]3)cc2)C1. The second-order valence-corrected chi connectivity index (χ2v) is 9.02. The third-order valence-electron chi connectivity index (χ3n) is 5.01. The number of halogens is 1. The lowest BCUT2D eigenvalue weighted by Crippen LogP contribution is -2.44. The maximum Gasteiger partial charge on any atom is 0.410 e.